The molecule has 5 nitrogen and oxygen atoms in total. The maximum atomic E-state index is 13.4. The number of hydrogen-bond donors (Lipinski definition) is 1. The summed E-state index contributed by atoms with van der Waals surface area (Å²) in [5.41, 5.74) is -0.470. The molecule has 1 saturated heterocycles. The molecule has 0 radical (unpaired) electrons. The number of nitrogens with one attached hydrogen (secondary N) is 1. The summed E-state index contributed by atoms with van der Waals surface area (Å²) < 4.78 is 78.6. The highest BCUT2D eigenvalue weighted by atomic mass is 32.2. The molecule has 1 heterocycles. The van der Waals surface area contributed by atoms with E-state index < -0.39 is 32.5 Å². The number of piperazine rings is 1. The Morgan fingerprint density at radius 1 is 0.966 bits per heavy atom. The number of hydrogen-bond acceptors (Lipinski definition) is 4. The van der Waals surface area contributed by atoms with Crippen LogP contribution in [-0.4, -0.2) is 52.6 Å². The van der Waals surface area contributed by atoms with Crippen molar-refractivity contribution in [2.24, 2.45) is 0 Å². The van der Waals surface area contributed by atoms with Crippen molar-refractivity contribution >= 4 is 15.7 Å². The lowest BCUT2D eigenvalue weighted by Gasteiger charge is -2.36. The number of benzene rings is 2. The molecule has 0 amide bonds. The topological polar surface area (TPSA) is 52.7 Å². The largest absolute Gasteiger partial charge is 0.419 e. The number of nitrogens with zero attached hydrogens (tertiary/aromatic N) is 2. The summed E-state index contributed by atoms with van der Waals surface area (Å²) in [5, 5.41) is 0. The number of para-hydroxylation sites is 1. The lowest BCUT2D eigenvalue weighted by molar-refractivity contribution is -0.140. The Hall–Kier alpha value is -2.17. The van der Waals surface area contributed by atoms with Crippen LogP contribution in [0.15, 0.2) is 53.4 Å². The van der Waals surface area contributed by atoms with Crippen LogP contribution in [0.5, 0.6) is 0 Å². The molecule has 0 atom stereocenters. The van der Waals surface area contributed by atoms with Crippen molar-refractivity contribution in [3.8, 4) is 0 Å². The van der Waals surface area contributed by atoms with Crippen molar-refractivity contribution in [3.63, 3.8) is 0 Å². The molecule has 1 N–H and O–H groups in total. The van der Waals surface area contributed by atoms with Crippen LogP contribution in [0.3, 0.4) is 0 Å². The molecule has 1 aliphatic rings. The van der Waals surface area contributed by atoms with Gasteiger partial charge >= 0.3 is 6.18 Å². The molecule has 0 aliphatic carbocycles. The molecule has 0 unspecified atom stereocenters. The zero-order valence-corrected chi connectivity index (χ0v) is 16.3. The van der Waals surface area contributed by atoms with Gasteiger partial charge in [0, 0.05) is 45.0 Å². The quantitative estimate of drug-likeness (QED) is 0.715. The van der Waals surface area contributed by atoms with E-state index in [0.29, 0.717) is 18.7 Å². The Balaban J connectivity index is 1.53. The second-order valence-corrected chi connectivity index (χ2v) is 8.47. The highest BCUT2D eigenvalue weighted by Crippen LogP contribution is 2.32. The van der Waals surface area contributed by atoms with E-state index in [0.717, 1.165) is 37.9 Å². The van der Waals surface area contributed by atoms with E-state index in [1.54, 1.807) is 0 Å². The van der Waals surface area contributed by atoms with Gasteiger partial charge in [0.2, 0.25) is 10.0 Å². The maximum absolute atomic E-state index is 13.4. The van der Waals surface area contributed by atoms with E-state index in [1.165, 1.54) is 0 Å². The molecular formula is C19H21F4N3O2S. The van der Waals surface area contributed by atoms with Crippen LogP contribution in [0.2, 0.25) is 0 Å². The average molecular weight is 431 g/mol. The summed E-state index contributed by atoms with van der Waals surface area (Å²) >= 11 is 0. The fourth-order valence-electron chi connectivity index (χ4n) is 3.18. The Morgan fingerprint density at radius 3 is 2.24 bits per heavy atom. The van der Waals surface area contributed by atoms with E-state index >= 15 is 0 Å². The van der Waals surface area contributed by atoms with Gasteiger partial charge in [-0.15, -0.1) is 0 Å². The molecule has 2 aromatic rings. The molecule has 29 heavy (non-hydrogen) atoms. The average Bonchev–Trinajstić information content (AvgIpc) is 2.68. The van der Waals surface area contributed by atoms with Gasteiger partial charge in [-0.1, -0.05) is 18.2 Å². The molecule has 158 valence electrons. The first kappa shape index (κ1) is 21.5. The van der Waals surface area contributed by atoms with Crippen molar-refractivity contribution < 1.29 is 26.0 Å². The monoisotopic (exact) mass is 431 g/mol. The number of alkyl halides is 3. The van der Waals surface area contributed by atoms with E-state index in [4.69, 9.17) is 0 Å². The first-order valence-corrected chi connectivity index (χ1v) is 10.5. The Bertz CT molecular complexity index is 928. The van der Waals surface area contributed by atoms with Crippen molar-refractivity contribution in [3.05, 3.63) is 59.9 Å². The van der Waals surface area contributed by atoms with Gasteiger partial charge in [-0.25, -0.2) is 17.5 Å². The SMILES string of the molecule is O=S(=O)(NCCN1CCN(c2ccccc2)CC1)c1ccc(F)c(C(F)(F)F)c1. The predicted molar refractivity (Wildman–Crippen MR) is 102 cm³/mol. The standard InChI is InChI=1S/C19H21F4N3O2S/c20-18-7-6-16(14-17(18)19(21,22)23)29(27,28)24-8-9-25-10-12-26(13-11-25)15-4-2-1-3-5-15/h1-7,14,24H,8-13H2. The van der Waals surface area contributed by atoms with Gasteiger partial charge in [-0.2, -0.15) is 13.2 Å². The minimum absolute atomic E-state index is 0.0480. The van der Waals surface area contributed by atoms with Gasteiger partial charge < -0.3 is 4.90 Å². The van der Waals surface area contributed by atoms with Gasteiger partial charge in [-0.05, 0) is 30.3 Å². The lowest BCUT2D eigenvalue weighted by Crippen LogP contribution is -2.48. The zero-order chi connectivity index (χ0) is 21.1. The van der Waals surface area contributed by atoms with Crippen molar-refractivity contribution in [1.82, 2.24) is 9.62 Å². The van der Waals surface area contributed by atoms with Crippen molar-refractivity contribution in [2.45, 2.75) is 11.1 Å². The normalized spacial score (nSPS) is 16.2. The Labute approximate surface area is 167 Å². The van der Waals surface area contributed by atoms with Crippen LogP contribution in [0.1, 0.15) is 5.56 Å². The molecule has 0 aromatic heterocycles. The molecule has 2 aromatic carbocycles. The second kappa shape index (κ2) is 8.68. The molecular weight excluding hydrogens is 410 g/mol. The van der Waals surface area contributed by atoms with Crippen molar-refractivity contribution in [1.29, 1.82) is 0 Å². The predicted octanol–water partition coefficient (Wildman–Crippen LogP) is 2.95. The number of rotatable bonds is 6. The first-order valence-electron chi connectivity index (χ1n) is 9.05. The van der Waals surface area contributed by atoms with E-state index in [9.17, 15) is 26.0 Å². The van der Waals surface area contributed by atoms with Gasteiger partial charge in [-0.3, -0.25) is 4.90 Å². The number of anilines is 1. The third-order valence-corrected chi connectivity index (χ3v) is 6.23. The van der Waals surface area contributed by atoms with Gasteiger partial charge in [0.05, 0.1) is 10.5 Å². The molecule has 0 bridgehead atoms. The van der Waals surface area contributed by atoms with Gasteiger partial charge in [0.25, 0.3) is 0 Å². The summed E-state index contributed by atoms with van der Waals surface area (Å²) in [6, 6.07) is 11.6. The maximum Gasteiger partial charge on any atom is 0.419 e. The highest BCUT2D eigenvalue weighted by molar-refractivity contribution is 7.89. The fraction of sp³-hybridized carbons (Fsp3) is 0.368. The third-order valence-electron chi connectivity index (χ3n) is 4.77. The number of sulfonamides is 1. The highest BCUT2D eigenvalue weighted by Gasteiger charge is 2.35. The van der Waals surface area contributed by atoms with Crippen molar-refractivity contribution in [2.75, 3.05) is 44.2 Å². The summed E-state index contributed by atoms with van der Waals surface area (Å²) in [6.07, 6.45) is -4.96. The summed E-state index contributed by atoms with van der Waals surface area (Å²) in [6.45, 7) is 3.55. The van der Waals surface area contributed by atoms with E-state index in [2.05, 4.69) is 14.5 Å². The third kappa shape index (κ3) is 5.46. The summed E-state index contributed by atoms with van der Waals surface area (Å²) in [5.74, 6) is -1.51. The van der Waals surface area contributed by atoms with Gasteiger partial charge in [0.1, 0.15) is 5.82 Å². The van der Waals surface area contributed by atoms with Gasteiger partial charge in [0.15, 0.2) is 0 Å². The summed E-state index contributed by atoms with van der Waals surface area (Å²) in [4.78, 5) is 3.70. The van der Waals surface area contributed by atoms with Crippen LogP contribution >= 0.6 is 0 Å². The molecule has 3 rings (SSSR count). The second-order valence-electron chi connectivity index (χ2n) is 6.70. The molecule has 10 heteroatoms. The van der Waals surface area contributed by atoms with Crippen LogP contribution in [0.4, 0.5) is 23.2 Å². The molecule has 0 spiro atoms. The molecule has 1 fully saturated rings. The zero-order valence-electron chi connectivity index (χ0n) is 15.5. The van der Waals surface area contributed by atoms with Crippen LogP contribution in [0.25, 0.3) is 0 Å². The first-order chi connectivity index (χ1) is 13.7. The Morgan fingerprint density at radius 2 is 1.62 bits per heavy atom. The lowest BCUT2D eigenvalue weighted by atomic mass is 10.2. The van der Waals surface area contributed by atoms with Crippen LogP contribution in [-0.2, 0) is 16.2 Å². The van der Waals surface area contributed by atoms with E-state index in [-0.39, 0.29) is 6.54 Å². The fourth-order valence-corrected chi connectivity index (χ4v) is 4.23. The Kier molecular flexibility index (Phi) is 6.45. The summed E-state index contributed by atoms with van der Waals surface area (Å²) in [7, 11) is -4.17. The minimum Gasteiger partial charge on any atom is -0.369 e. The minimum atomic E-state index is -4.96. The molecule has 0 saturated carbocycles. The van der Waals surface area contributed by atoms with Crippen LogP contribution in [0, 0.1) is 5.82 Å². The van der Waals surface area contributed by atoms with Crippen LogP contribution < -0.4 is 9.62 Å². The number of halogens is 4. The smallest absolute Gasteiger partial charge is 0.369 e. The molecule has 1 aliphatic heterocycles. The van der Waals surface area contributed by atoms with E-state index in [1.807, 2.05) is 30.3 Å².